The van der Waals surface area contributed by atoms with Gasteiger partial charge in [-0.25, -0.2) is 9.67 Å². The van der Waals surface area contributed by atoms with E-state index in [4.69, 9.17) is 4.98 Å². The minimum absolute atomic E-state index is 0.177. The Bertz CT molecular complexity index is 866. The van der Waals surface area contributed by atoms with Crippen LogP contribution in [0, 0.1) is 11.3 Å². The summed E-state index contributed by atoms with van der Waals surface area (Å²) in [5.74, 6) is 0.268. The molecule has 2 aromatic rings. The minimum Gasteiger partial charge on any atom is -0.334 e. The largest absolute Gasteiger partial charge is 0.334 e. The number of rotatable bonds is 4. The van der Waals surface area contributed by atoms with Crippen LogP contribution >= 0.6 is 0 Å². The zero-order valence-electron chi connectivity index (χ0n) is 14.7. The van der Waals surface area contributed by atoms with E-state index in [0.717, 1.165) is 55.3 Å². The SMILES string of the molecule is CC(C)n1ncc2c(C(=O)NC3(C#N)CCCC3)cc(C3CC3)nc21. The van der Waals surface area contributed by atoms with Gasteiger partial charge in [0, 0.05) is 17.7 Å². The van der Waals surface area contributed by atoms with Crippen LogP contribution in [0.1, 0.15) is 80.4 Å². The highest BCUT2D eigenvalue weighted by Gasteiger charge is 2.36. The van der Waals surface area contributed by atoms with E-state index in [0.29, 0.717) is 11.5 Å². The molecule has 0 unspecified atom stereocenters. The predicted octanol–water partition coefficient (Wildman–Crippen LogP) is 3.46. The fraction of sp³-hybridized carbons (Fsp3) is 0.579. The van der Waals surface area contributed by atoms with Gasteiger partial charge in [-0.3, -0.25) is 4.79 Å². The molecule has 130 valence electrons. The van der Waals surface area contributed by atoms with Gasteiger partial charge >= 0.3 is 0 Å². The summed E-state index contributed by atoms with van der Waals surface area (Å²) < 4.78 is 1.87. The standard InChI is InChI=1S/C19H23N5O/c1-12(2)24-17-15(10-21-24)14(9-16(22-17)13-5-6-13)18(25)23-19(11-20)7-3-4-8-19/h9-10,12-13H,3-8H2,1-2H3,(H,23,25). The lowest BCUT2D eigenvalue weighted by Crippen LogP contribution is -2.45. The van der Waals surface area contributed by atoms with Crippen molar-refractivity contribution >= 4 is 16.9 Å². The van der Waals surface area contributed by atoms with E-state index in [-0.39, 0.29) is 11.9 Å². The molecule has 25 heavy (non-hydrogen) atoms. The zero-order valence-corrected chi connectivity index (χ0v) is 14.7. The van der Waals surface area contributed by atoms with E-state index >= 15 is 0 Å². The molecule has 0 bridgehead atoms. The maximum absolute atomic E-state index is 13.0. The van der Waals surface area contributed by atoms with E-state index in [1.54, 1.807) is 6.20 Å². The van der Waals surface area contributed by atoms with Gasteiger partial charge in [0.25, 0.3) is 5.91 Å². The number of hydrogen-bond donors (Lipinski definition) is 1. The summed E-state index contributed by atoms with van der Waals surface area (Å²) in [6.07, 6.45) is 7.39. The molecule has 0 atom stereocenters. The second kappa shape index (κ2) is 5.83. The Morgan fingerprint density at radius 2 is 2.12 bits per heavy atom. The van der Waals surface area contributed by atoms with Gasteiger partial charge in [0.1, 0.15) is 5.54 Å². The summed E-state index contributed by atoms with van der Waals surface area (Å²) >= 11 is 0. The molecular formula is C19H23N5O. The number of carbonyl (C=O) groups excluding carboxylic acids is 1. The van der Waals surface area contributed by atoms with Crippen molar-refractivity contribution < 1.29 is 4.79 Å². The fourth-order valence-electron chi connectivity index (χ4n) is 3.72. The van der Waals surface area contributed by atoms with Crippen LogP contribution < -0.4 is 5.32 Å². The number of pyridine rings is 1. The summed E-state index contributed by atoms with van der Waals surface area (Å²) in [6.45, 7) is 4.11. The van der Waals surface area contributed by atoms with Crippen molar-refractivity contribution in [2.45, 2.75) is 69.9 Å². The topological polar surface area (TPSA) is 83.6 Å². The normalized spacial score (nSPS) is 19.3. The third-order valence-corrected chi connectivity index (χ3v) is 5.34. The molecule has 2 aromatic heterocycles. The van der Waals surface area contributed by atoms with Crippen LogP contribution in [0.4, 0.5) is 0 Å². The number of nitrogens with zero attached hydrogens (tertiary/aromatic N) is 4. The fourth-order valence-corrected chi connectivity index (χ4v) is 3.72. The van der Waals surface area contributed by atoms with Crippen molar-refractivity contribution in [1.29, 1.82) is 5.26 Å². The maximum atomic E-state index is 13.0. The van der Waals surface area contributed by atoms with Crippen LogP contribution in [0.5, 0.6) is 0 Å². The van der Waals surface area contributed by atoms with Crippen LogP contribution in [0.3, 0.4) is 0 Å². The molecule has 0 radical (unpaired) electrons. The molecule has 6 heteroatoms. The molecule has 4 rings (SSSR count). The number of amides is 1. The number of aromatic nitrogens is 3. The second-order valence-corrected chi connectivity index (χ2v) is 7.64. The molecule has 2 aliphatic rings. The lowest BCUT2D eigenvalue weighted by atomic mass is 9.98. The van der Waals surface area contributed by atoms with Gasteiger partial charge in [0.05, 0.1) is 23.2 Å². The van der Waals surface area contributed by atoms with Crippen molar-refractivity contribution in [2.24, 2.45) is 0 Å². The van der Waals surface area contributed by atoms with Crippen LogP contribution in [0.25, 0.3) is 11.0 Å². The quantitative estimate of drug-likeness (QED) is 0.926. The van der Waals surface area contributed by atoms with E-state index < -0.39 is 5.54 Å². The first-order valence-corrected chi connectivity index (χ1v) is 9.15. The highest BCUT2D eigenvalue weighted by Crippen LogP contribution is 2.40. The van der Waals surface area contributed by atoms with E-state index in [9.17, 15) is 10.1 Å². The number of fused-ring (bicyclic) bond motifs is 1. The zero-order chi connectivity index (χ0) is 17.6. The molecule has 2 saturated carbocycles. The highest BCUT2D eigenvalue weighted by molar-refractivity contribution is 6.06. The predicted molar refractivity (Wildman–Crippen MR) is 94.2 cm³/mol. The Morgan fingerprint density at radius 1 is 1.40 bits per heavy atom. The molecule has 6 nitrogen and oxygen atoms in total. The van der Waals surface area contributed by atoms with E-state index in [1.165, 1.54) is 0 Å². The number of hydrogen-bond acceptors (Lipinski definition) is 4. The van der Waals surface area contributed by atoms with Crippen molar-refractivity contribution in [3.8, 4) is 6.07 Å². The molecule has 1 amide bonds. The van der Waals surface area contributed by atoms with Crippen molar-refractivity contribution in [3.63, 3.8) is 0 Å². The lowest BCUT2D eigenvalue weighted by Gasteiger charge is -2.22. The average molecular weight is 337 g/mol. The molecule has 2 heterocycles. The van der Waals surface area contributed by atoms with Gasteiger partial charge < -0.3 is 5.32 Å². The molecule has 1 N–H and O–H groups in total. The molecule has 2 fully saturated rings. The Balaban J connectivity index is 1.77. The summed E-state index contributed by atoms with van der Waals surface area (Å²) in [6, 6.07) is 4.41. The molecule has 2 aliphatic carbocycles. The molecule has 0 spiro atoms. The summed E-state index contributed by atoms with van der Waals surface area (Å²) in [4.78, 5) is 17.8. The molecule has 0 saturated heterocycles. The van der Waals surface area contributed by atoms with Crippen LogP contribution in [-0.2, 0) is 0 Å². The first-order chi connectivity index (χ1) is 12.0. The van der Waals surface area contributed by atoms with Crippen LogP contribution in [0.15, 0.2) is 12.3 Å². The van der Waals surface area contributed by atoms with Crippen molar-refractivity contribution in [1.82, 2.24) is 20.1 Å². The first kappa shape index (κ1) is 16.1. The Morgan fingerprint density at radius 3 is 2.72 bits per heavy atom. The average Bonchev–Trinajstić information content (AvgIpc) is 3.19. The smallest absolute Gasteiger partial charge is 0.253 e. The third kappa shape index (κ3) is 2.78. The molecule has 0 aromatic carbocycles. The van der Waals surface area contributed by atoms with Gasteiger partial charge in [-0.05, 0) is 58.4 Å². The van der Waals surface area contributed by atoms with Gasteiger partial charge in [0.15, 0.2) is 5.65 Å². The third-order valence-electron chi connectivity index (χ3n) is 5.34. The maximum Gasteiger partial charge on any atom is 0.253 e. The minimum atomic E-state index is -0.722. The van der Waals surface area contributed by atoms with Gasteiger partial charge in [-0.2, -0.15) is 10.4 Å². The summed E-state index contributed by atoms with van der Waals surface area (Å²) in [7, 11) is 0. The van der Waals surface area contributed by atoms with Gasteiger partial charge in [-0.15, -0.1) is 0 Å². The summed E-state index contributed by atoms with van der Waals surface area (Å²) in [5, 5.41) is 17.8. The molecular weight excluding hydrogens is 314 g/mol. The second-order valence-electron chi connectivity index (χ2n) is 7.64. The van der Waals surface area contributed by atoms with Crippen molar-refractivity contribution in [3.05, 3.63) is 23.5 Å². The highest BCUT2D eigenvalue weighted by atomic mass is 16.1. The van der Waals surface area contributed by atoms with Crippen molar-refractivity contribution in [2.75, 3.05) is 0 Å². The summed E-state index contributed by atoms with van der Waals surface area (Å²) in [5.41, 5.74) is 1.61. The number of nitriles is 1. The van der Waals surface area contributed by atoms with Crippen LogP contribution in [0.2, 0.25) is 0 Å². The molecule has 0 aliphatic heterocycles. The van der Waals surface area contributed by atoms with Crippen LogP contribution in [-0.4, -0.2) is 26.2 Å². The lowest BCUT2D eigenvalue weighted by molar-refractivity contribution is 0.0922. The van der Waals surface area contributed by atoms with E-state index in [2.05, 4.69) is 30.3 Å². The Hall–Kier alpha value is -2.42. The van der Waals surface area contributed by atoms with E-state index in [1.807, 2.05) is 10.7 Å². The number of nitrogens with one attached hydrogen (secondary N) is 1. The first-order valence-electron chi connectivity index (χ1n) is 9.15. The Kier molecular flexibility index (Phi) is 3.75. The van der Waals surface area contributed by atoms with Gasteiger partial charge in [0.2, 0.25) is 0 Å². The van der Waals surface area contributed by atoms with Gasteiger partial charge in [-0.1, -0.05) is 0 Å². The number of carbonyl (C=O) groups is 1. The monoisotopic (exact) mass is 337 g/mol. The Labute approximate surface area is 147 Å².